The van der Waals surface area contributed by atoms with E-state index in [9.17, 15) is 0 Å². The van der Waals surface area contributed by atoms with Crippen LogP contribution in [0.25, 0.3) is 10.9 Å². The van der Waals surface area contributed by atoms with Gasteiger partial charge in [-0.1, -0.05) is 6.07 Å². The van der Waals surface area contributed by atoms with Crippen LogP contribution in [0.15, 0.2) is 18.2 Å². The zero-order valence-electron chi connectivity index (χ0n) is 6.34. The lowest BCUT2D eigenvalue weighted by Gasteiger charge is -1.94. The van der Waals surface area contributed by atoms with Crippen molar-refractivity contribution in [1.29, 1.82) is 0 Å². The van der Waals surface area contributed by atoms with Crippen molar-refractivity contribution in [2.24, 2.45) is 5.73 Å². The van der Waals surface area contributed by atoms with E-state index in [1.165, 1.54) is 3.57 Å². The summed E-state index contributed by atoms with van der Waals surface area (Å²) in [4.78, 5) is 0. The molecule has 0 saturated carbocycles. The second kappa shape index (κ2) is 3.02. The summed E-state index contributed by atoms with van der Waals surface area (Å²) in [5.41, 5.74) is 7.55. The maximum atomic E-state index is 5.55. The minimum absolute atomic E-state index is 0.510. The van der Waals surface area contributed by atoms with E-state index in [1.54, 1.807) is 0 Å². The van der Waals surface area contributed by atoms with E-state index in [0.717, 1.165) is 16.6 Å². The lowest BCUT2D eigenvalue weighted by Crippen LogP contribution is -1.97. The minimum atomic E-state index is 0.510. The first-order valence-electron chi connectivity index (χ1n) is 3.64. The van der Waals surface area contributed by atoms with Crippen LogP contribution in [0, 0.1) is 3.57 Å². The van der Waals surface area contributed by atoms with Gasteiger partial charge in [0, 0.05) is 15.5 Å². The maximum absolute atomic E-state index is 5.55. The SMILES string of the molecule is NCc1[nH]nc2cccc(I)c12. The highest BCUT2D eigenvalue weighted by Crippen LogP contribution is 2.21. The number of nitrogens with one attached hydrogen (secondary N) is 1. The van der Waals surface area contributed by atoms with Gasteiger partial charge in [-0.15, -0.1) is 0 Å². The summed E-state index contributed by atoms with van der Waals surface area (Å²) in [5, 5.41) is 8.22. The van der Waals surface area contributed by atoms with Gasteiger partial charge in [-0.3, -0.25) is 5.10 Å². The van der Waals surface area contributed by atoms with E-state index in [1.807, 2.05) is 12.1 Å². The van der Waals surface area contributed by atoms with Crippen molar-refractivity contribution in [3.05, 3.63) is 27.5 Å². The fourth-order valence-electron chi connectivity index (χ4n) is 1.24. The summed E-state index contributed by atoms with van der Waals surface area (Å²) in [7, 11) is 0. The third-order valence-electron chi connectivity index (χ3n) is 1.81. The molecule has 0 fully saturated rings. The number of hydrogen-bond donors (Lipinski definition) is 2. The predicted octanol–water partition coefficient (Wildman–Crippen LogP) is 1.63. The Hall–Kier alpha value is -0.620. The van der Waals surface area contributed by atoms with Gasteiger partial charge >= 0.3 is 0 Å². The summed E-state index contributed by atoms with van der Waals surface area (Å²) in [6, 6.07) is 6.02. The molecule has 0 aliphatic heterocycles. The molecule has 3 nitrogen and oxygen atoms in total. The largest absolute Gasteiger partial charge is 0.325 e. The number of hydrogen-bond acceptors (Lipinski definition) is 2. The molecule has 0 amide bonds. The monoisotopic (exact) mass is 273 g/mol. The normalized spacial score (nSPS) is 10.8. The Balaban J connectivity index is 2.83. The fourth-order valence-corrected chi connectivity index (χ4v) is 2.05. The first-order valence-corrected chi connectivity index (χ1v) is 4.72. The quantitative estimate of drug-likeness (QED) is 0.776. The Bertz CT molecular complexity index is 408. The van der Waals surface area contributed by atoms with Crippen LogP contribution in [-0.2, 0) is 6.54 Å². The van der Waals surface area contributed by atoms with Gasteiger partial charge in [0.15, 0.2) is 0 Å². The molecule has 0 unspecified atom stereocenters. The van der Waals surface area contributed by atoms with Gasteiger partial charge in [-0.05, 0) is 34.7 Å². The molecule has 0 saturated heterocycles. The molecular formula is C8H8IN3. The maximum Gasteiger partial charge on any atom is 0.0934 e. The Morgan fingerprint density at radius 1 is 1.50 bits per heavy atom. The van der Waals surface area contributed by atoms with E-state index in [-0.39, 0.29) is 0 Å². The number of fused-ring (bicyclic) bond motifs is 1. The molecule has 4 heteroatoms. The molecule has 1 aromatic carbocycles. The Kier molecular flexibility index (Phi) is 2.02. The number of halogens is 1. The van der Waals surface area contributed by atoms with Gasteiger partial charge in [0.1, 0.15) is 0 Å². The average Bonchev–Trinajstić information content (AvgIpc) is 2.49. The van der Waals surface area contributed by atoms with E-state index in [2.05, 4.69) is 38.9 Å². The third kappa shape index (κ3) is 1.11. The Morgan fingerprint density at radius 2 is 2.33 bits per heavy atom. The van der Waals surface area contributed by atoms with Crippen LogP contribution in [0.4, 0.5) is 0 Å². The number of benzene rings is 1. The standard InChI is InChI=1S/C8H8IN3/c9-5-2-1-3-6-8(5)7(4-10)12-11-6/h1-3H,4,10H2,(H,11,12). The van der Waals surface area contributed by atoms with Gasteiger partial charge in [0.05, 0.1) is 11.2 Å². The van der Waals surface area contributed by atoms with Gasteiger partial charge in [0.25, 0.3) is 0 Å². The number of H-pyrrole nitrogens is 1. The zero-order chi connectivity index (χ0) is 8.55. The van der Waals surface area contributed by atoms with Crippen LogP contribution in [0.1, 0.15) is 5.69 Å². The van der Waals surface area contributed by atoms with Crippen molar-refractivity contribution in [3.63, 3.8) is 0 Å². The molecule has 12 heavy (non-hydrogen) atoms. The van der Waals surface area contributed by atoms with Gasteiger partial charge in [-0.2, -0.15) is 5.10 Å². The highest BCUT2D eigenvalue weighted by Gasteiger charge is 2.05. The van der Waals surface area contributed by atoms with E-state index >= 15 is 0 Å². The number of aromatic amines is 1. The molecule has 1 aromatic heterocycles. The first-order chi connectivity index (χ1) is 5.83. The summed E-state index contributed by atoms with van der Waals surface area (Å²) in [6.07, 6.45) is 0. The molecule has 0 bridgehead atoms. The molecule has 0 aliphatic carbocycles. The highest BCUT2D eigenvalue weighted by molar-refractivity contribution is 14.1. The number of nitrogens with zero attached hydrogens (tertiary/aromatic N) is 1. The molecule has 2 aromatic rings. The van der Waals surface area contributed by atoms with Gasteiger partial charge < -0.3 is 5.73 Å². The summed E-state index contributed by atoms with van der Waals surface area (Å²) >= 11 is 2.29. The summed E-state index contributed by atoms with van der Waals surface area (Å²) in [6.45, 7) is 0.510. The van der Waals surface area contributed by atoms with Crippen molar-refractivity contribution in [1.82, 2.24) is 10.2 Å². The number of aromatic nitrogens is 2. The van der Waals surface area contributed by atoms with Crippen LogP contribution in [0.3, 0.4) is 0 Å². The topological polar surface area (TPSA) is 54.7 Å². The van der Waals surface area contributed by atoms with Crippen molar-refractivity contribution < 1.29 is 0 Å². The molecule has 62 valence electrons. The number of nitrogens with two attached hydrogens (primary N) is 1. The predicted molar refractivity (Wildman–Crippen MR) is 56.7 cm³/mol. The van der Waals surface area contributed by atoms with E-state index in [0.29, 0.717) is 6.54 Å². The smallest absolute Gasteiger partial charge is 0.0934 e. The Labute approximate surface area is 83.5 Å². The van der Waals surface area contributed by atoms with E-state index in [4.69, 9.17) is 5.73 Å². The van der Waals surface area contributed by atoms with Crippen molar-refractivity contribution >= 4 is 33.5 Å². The minimum Gasteiger partial charge on any atom is -0.325 e. The summed E-state index contributed by atoms with van der Waals surface area (Å²) < 4.78 is 1.19. The van der Waals surface area contributed by atoms with Crippen LogP contribution in [0.2, 0.25) is 0 Å². The fraction of sp³-hybridized carbons (Fsp3) is 0.125. The molecule has 0 atom stereocenters. The average molecular weight is 273 g/mol. The van der Waals surface area contributed by atoms with Crippen LogP contribution in [0.5, 0.6) is 0 Å². The molecule has 0 aliphatic rings. The van der Waals surface area contributed by atoms with Crippen LogP contribution >= 0.6 is 22.6 Å². The second-order valence-electron chi connectivity index (χ2n) is 2.54. The molecule has 0 radical (unpaired) electrons. The van der Waals surface area contributed by atoms with Gasteiger partial charge in [0.2, 0.25) is 0 Å². The van der Waals surface area contributed by atoms with Crippen LogP contribution in [-0.4, -0.2) is 10.2 Å². The third-order valence-corrected chi connectivity index (χ3v) is 2.71. The zero-order valence-corrected chi connectivity index (χ0v) is 8.50. The highest BCUT2D eigenvalue weighted by atomic mass is 127. The lowest BCUT2D eigenvalue weighted by molar-refractivity contribution is 0.958. The molecule has 0 spiro atoms. The molecular weight excluding hydrogens is 265 g/mol. The second-order valence-corrected chi connectivity index (χ2v) is 3.70. The molecule has 2 rings (SSSR count). The van der Waals surface area contributed by atoms with Crippen LogP contribution < -0.4 is 5.73 Å². The van der Waals surface area contributed by atoms with Crippen molar-refractivity contribution in [3.8, 4) is 0 Å². The number of rotatable bonds is 1. The van der Waals surface area contributed by atoms with E-state index < -0.39 is 0 Å². The lowest BCUT2D eigenvalue weighted by atomic mass is 10.2. The van der Waals surface area contributed by atoms with Gasteiger partial charge in [-0.25, -0.2) is 0 Å². The molecule has 3 N–H and O–H groups in total. The van der Waals surface area contributed by atoms with Crippen molar-refractivity contribution in [2.75, 3.05) is 0 Å². The first kappa shape index (κ1) is 8.00. The molecule has 1 heterocycles. The van der Waals surface area contributed by atoms with Crippen molar-refractivity contribution in [2.45, 2.75) is 6.54 Å². The summed E-state index contributed by atoms with van der Waals surface area (Å²) in [5.74, 6) is 0. The Morgan fingerprint density at radius 3 is 3.08 bits per heavy atom.